The van der Waals surface area contributed by atoms with Crippen LogP contribution in [-0.4, -0.2) is 16.0 Å². The molecule has 3 rings (SSSR count). The van der Waals surface area contributed by atoms with Gasteiger partial charge in [-0.05, 0) is 18.4 Å². The van der Waals surface area contributed by atoms with Crippen LogP contribution in [0.1, 0.15) is 18.4 Å². The van der Waals surface area contributed by atoms with Gasteiger partial charge < -0.3 is 5.32 Å². The number of nitrogens with zero attached hydrogens (tertiary/aromatic N) is 3. The van der Waals surface area contributed by atoms with Gasteiger partial charge in [0.1, 0.15) is 6.33 Å². The zero-order valence-electron chi connectivity index (χ0n) is 10.5. The first-order valence-electron chi connectivity index (χ1n) is 6.31. The van der Waals surface area contributed by atoms with Gasteiger partial charge in [0, 0.05) is 6.04 Å². The molecule has 2 aromatic rings. The van der Waals surface area contributed by atoms with Crippen LogP contribution in [0.15, 0.2) is 49.1 Å². The normalized spacial score (nSPS) is 25.1. The maximum Gasteiger partial charge on any atom is 0.115 e. The maximum absolute atomic E-state index is 9.47. The molecule has 0 saturated heterocycles. The number of anilines is 1. The van der Waals surface area contributed by atoms with Gasteiger partial charge in [-0.3, -0.25) is 0 Å². The molecular weight excluding hydrogens is 236 g/mol. The second-order valence-corrected chi connectivity index (χ2v) is 4.94. The summed E-state index contributed by atoms with van der Waals surface area (Å²) < 4.78 is 0. The highest BCUT2D eigenvalue weighted by molar-refractivity contribution is 5.44. The highest BCUT2D eigenvalue weighted by Crippen LogP contribution is 2.44. The van der Waals surface area contributed by atoms with Crippen LogP contribution in [0.25, 0.3) is 0 Å². The summed E-state index contributed by atoms with van der Waals surface area (Å²) in [5.41, 5.74) is 1.68. The Balaban J connectivity index is 1.70. The highest BCUT2D eigenvalue weighted by atomic mass is 15.0. The van der Waals surface area contributed by atoms with Gasteiger partial charge in [-0.2, -0.15) is 5.26 Å². The third-order valence-electron chi connectivity index (χ3n) is 3.66. The summed E-state index contributed by atoms with van der Waals surface area (Å²) in [5, 5.41) is 12.8. The number of hydrogen-bond acceptors (Lipinski definition) is 4. The van der Waals surface area contributed by atoms with Crippen LogP contribution in [0, 0.1) is 11.3 Å². The second kappa shape index (κ2) is 4.69. The Morgan fingerprint density at radius 3 is 2.47 bits per heavy atom. The van der Waals surface area contributed by atoms with Crippen molar-refractivity contribution in [1.29, 1.82) is 5.26 Å². The molecule has 4 nitrogen and oxygen atoms in total. The average molecular weight is 250 g/mol. The number of nitrogens with one attached hydrogen (secondary N) is 1. The van der Waals surface area contributed by atoms with Crippen molar-refractivity contribution in [3.8, 4) is 6.07 Å². The van der Waals surface area contributed by atoms with Gasteiger partial charge in [-0.15, -0.1) is 0 Å². The molecule has 1 aliphatic rings. The van der Waals surface area contributed by atoms with Crippen molar-refractivity contribution in [2.75, 3.05) is 5.32 Å². The third kappa shape index (κ3) is 2.15. The topological polar surface area (TPSA) is 61.6 Å². The summed E-state index contributed by atoms with van der Waals surface area (Å²) in [6, 6.07) is 12.8. The van der Waals surface area contributed by atoms with Crippen molar-refractivity contribution in [2.24, 2.45) is 0 Å². The molecule has 1 aliphatic carbocycles. The van der Waals surface area contributed by atoms with Gasteiger partial charge in [0.05, 0.1) is 29.6 Å². The minimum absolute atomic E-state index is 0.311. The summed E-state index contributed by atoms with van der Waals surface area (Å²) in [6.07, 6.45) is 6.66. The molecule has 0 amide bonds. The molecule has 0 radical (unpaired) electrons. The largest absolute Gasteiger partial charge is 0.380 e. The lowest BCUT2D eigenvalue weighted by molar-refractivity contribution is 0.289. The van der Waals surface area contributed by atoms with Gasteiger partial charge >= 0.3 is 0 Å². The number of nitriles is 1. The minimum Gasteiger partial charge on any atom is -0.380 e. The molecular formula is C15H14N4. The molecule has 1 heterocycles. The molecule has 0 aliphatic heterocycles. The molecule has 0 spiro atoms. The van der Waals surface area contributed by atoms with Crippen molar-refractivity contribution in [3.63, 3.8) is 0 Å². The van der Waals surface area contributed by atoms with E-state index in [2.05, 4.69) is 21.4 Å². The van der Waals surface area contributed by atoms with E-state index in [1.54, 1.807) is 12.4 Å². The zero-order chi connectivity index (χ0) is 13.1. The van der Waals surface area contributed by atoms with E-state index in [1.165, 1.54) is 6.33 Å². The monoisotopic (exact) mass is 250 g/mol. The van der Waals surface area contributed by atoms with E-state index in [4.69, 9.17) is 0 Å². The lowest BCUT2D eigenvalue weighted by Gasteiger charge is -2.43. The fourth-order valence-corrected chi connectivity index (χ4v) is 2.64. The Kier molecular flexibility index (Phi) is 2.88. The van der Waals surface area contributed by atoms with Gasteiger partial charge in [0.2, 0.25) is 0 Å². The van der Waals surface area contributed by atoms with E-state index in [1.807, 2.05) is 30.3 Å². The molecule has 0 bridgehead atoms. The second-order valence-electron chi connectivity index (χ2n) is 4.94. The Morgan fingerprint density at radius 2 is 1.84 bits per heavy atom. The SMILES string of the molecule is N#CC1(c2ccccc2)CC(Nc2cncnc2)C1. The number of aromatic nitrogens is 2. The predicted octanol–water partition coefficient (Wildman–Crippen LogP) is 2.51. The standard InChI is InChI=1S/C15H14N4/c16-10-15(12-4-2-1-3-5-12)6-13(7-15)19-14-8-17-11-18-9-14/h1-5,8-9,11,13,19H,6-7H2. The fourth-order valence-electron chi connectivity index (χ4n) is 2.64. The van der Waals surface area contributed by atoms with Crippen LogP contribution in [0.2, 0.25) is 0 Å². The van der Waals surface area contributed by atoms with Crippen LogP contribution in [0.5, 0.6) is 0 Å². The molecule has 19 heavy (non-hydrogen) atoms. The zero-order valence-corrected chi connectivity index (χ0v) is 10.5. The first kappa shape index (κ1) is 11.7. The molecule has 1 aromatic heterocycles. The van der Waals surface area contributed by atoms with Crippen molar-refractivity contribution in [3.05, 3.63) is 54.6 Å². The first-order chi connectivity index (χ1) is 9.32. The summed E-state index contributed by atoms with van der Waals surface area (Å²) in [4.78, 5) is 7.94. The molecule has 0 atom stereocenters. The average Bonchev–Trinajstić information content (AvgIpc) is 2.44. The lowest BCUT2D eigenvalue weighted by atomic mass is 9.62. The maximum atomic E-state index is 9.47. The summed E-state index contributed by atoms with van der Waals surface area (Å²) in [5.74, 6) is 0. The molecule has 1 aromatic carbocycles. The minimum atomic E-state index is -0.339. The highest BCUT2D eigenvalue weighted by Gasteiger charge is 2.46. The molecule has 1 saturated carbocycles. The van der Waals surface area contributed by atoms with Crippen molar-refractivity contribution in [1.82, 2.24) is 9.97 Å². The van der Waals surface area contributed by atoms with Gasteiger partial charge in [-0.1, -0.05) is 30.3 Å². The van der Waals surface area contributed by atoms with Gasteiger partial charge in [0.15, 0.2) is 0 Å². The third-order valence-corrected chi connectivity index (χ3v) is 3.66. The number of benzene rings is 1. The number of rotatable bonds is 3. The molecule has 94 valence electrons. The first-order valence-corrected chi connectivity index (χ1v) is 6.31. The predicted molar refractivity (Wildman–Crippen MR) is 72.4 cm³/mol. The van der Waals surface area contributed by atoms with Crippen LogP contribution in [0.3, 0.4) is 0 Å². The Labute approximate surface area is 112 Å². The van der Waals surface area contributed by atoms with Crippen molar-refractivity contribution in [2.45, 2.75) is 24.3 Å². The van der Waals surface area contributed by atoms with E-state index in [-0.39, 0.29) is 5.41 Å². The number of hydrogen-bond donors (Lipinski definition) is 1. The van der Waals surface area contributed by atoms with Crippen LogP contribution < -0.4 is 5.32 Å². The van der Waals surface area contributed by atoms with Crippen LogP contribution >= 0.6 is 0 Å². The Bertz CT molecular complexity index is 583. The van der Waals surface area contributed by atoms with Crippen LogP contribution in [0.4, 0.5) is 5.69 Å². The molecule has 4 heteroatoms. The van der Waals surface area contributed by atoms with E-state index in [0.29, 0.717) is 6.04 Å². The van der Waals surface area contributed by atoms with Crippen LogP contribution in [-0.2, 0) is 5.41 Å². The molecule has 1 fully saturated rings. The smallest absolute Gasteiger partial charge is 0.115 e. The summed E-state index contributed by atoms with van der Waals surface area (Å²) in [6.45, 7) is 0. The Hall–Kier alpha value is -2.41. The fraction of sp³-hybridized carbons (Fsp3) is 0.267. The Morgan fingerprint density at radius 1 is 1.16 bits per heavy atom. The molecule has 0 unspecified atom stereocenters. The van der Waals surface area contributed by atoms with E-state index in [9.17, 15) is 5.26 Å². The summed E-state index contributed by atoms with van der Waals surface area (Å²) in [7, 11) is 0. The van der Waals surface area contributed by atoms with E-state index < -0.39 is 0 Å². The van der Waals surface area contributed by atoms with Gasteiger partial charge in [-0.25, -0.2) is 9.97 Å². The summed E-state index contributed by atoms with van der Waals surface area (Å²) >= 11 is 0. The van der Waals surface area contributed by atoms with Crippen molar-refractivity contribution >= 4 is 5.69 Å². The van der Waals surface area contributed by atoms with E-state index in [0.717, 1.165) is 24.1 Å². The van der Waals surface area contributed by atoms with Gasteiger partial charge in [0.25, 0.3) is 0 Å². The lowest BCUT2D eigenvalue weighted by Crippen LogP contribution is -2.47. The molecule has 1 N–H and O–H groups in total. The quantitative estimate of drug-likeness (QED) is 0.909. The van der Waals surface area contributed by atoms with Crippen molar-refractivity contribution < 1.29 is 0 Å². The van der Waals surface area contributed by atoms with E-state index >= 15 is 0 Å².